The monoisotopic (exact) mass is 295 g/mol. The zero-order chi connectivity index (χ0) is 16.0. The Kier molecular flexibility index (Phi) is 5.71. The normalized spacial score (nSPS) is 11.5. The Balaban J connectivity index is 2.79. The van der Waals surface area contributed by atoms with Gasteiger partial charge in [0.05, 0.1) is 12.7 Å². The number of hydrogen-bond acceptors (Lipinski definition) is 5. The van der Waals surface area contributed by atoms with Crippen LogP contribution in [0, 0.1) is 6.92 Å². The predicted octanol–water partition coefficient (Wildman–Crippen LogP) is 0.837. The Labute approximate surface area is 121 Å². The van der Waals surface area contributed by atoms with E-state index in [0.29, 0.717) is 0 Å². The molecule has 1 rings (SSSR count). The van der Waals surface area contributed by atoms with E-state index in [-0.39, 0.29) is 24.2 Å². The van der Waals surface area contributed by atoms with Gasteiger partial charge in [0.15, 0.2) is 0 Å². The average molecular weight is 295 g/mol. The molecular formula is C14H17NO6. The van der Waals surface area contributed by atoms with Gasteiger partial charge in [-0.15, -0.1) is 0 Å². The van der Waals surface area contributed by atoms with Gasteiger partial charge in [-0.3, -0.25) is 9.59 Å². The molecule has 0 aliphatic carbocycles. The van der Waals surface area contributed by atoms with Crippen molar-refractivity contribution in [3.05, 3.63) is 29.3 Å². The van der Waals surface area contributed by atoms with E-state index >= 15 is 0 Å². The van der Waals surface area contributed by atoms with Crippen molar-refractivity contribution in [1.82, 2.24) is 5.32 Å². The highest BCUT2D eigenvalue weighted by molar-refractivity contribution is 5.99. The maximum absolute atomic E-state index is 12.0. The summed E-state index contributed by atoms with van der Waals surface area (Å²) in [5, 5.41) is 21.0. The van der Waals surface area contributed by atoms with Crippen LogP contribution in [0.15, 0.2) is 18.2 Å². The number of ether oxygens (including phenoxy) is 1. The quantitative estimate of drug-likeness (QED) is 0.670. The summed E-state index contributed by atoms with van der Waals surface area (Å²) in [5.41, 5.74) is 0.735. The highest BCUT2D eigenvalue weighted by Crippen LogP contribution is 2.18. The molecule has 1 aromatic rings. The molecule has 0 bridgehead atoms. The van der Waals surface area contributed by atoms with Gasteiger partial charge < -0.3 is 20.3 Å². The first-order valence-electron chi connectivity index (χ1n) is 6.25. The number of carbonyl (C=O) groups excluding carboxylic acids is 2. The van der Waals surface area contributed by atoms with Gasteiger partial charge in [-0.2, -0.15) is 0 Å². The minimum atomic E-state index is -1.26. The smallest absolute Gasteiger partial charge is 0.326 e. The number of rotatable bonds is 6. The Morgan fingerprint density at radius 1 is 1.33 bits per heavy atom. The molecule has 1 amide bonds. The van der Waals surface area contributed by atoms with Gasteiger partial charge in [0, 0.05) is 6.42 Å². The fourth-order valence-electron chi connectivity index (χ4n) is 1.69. The number of aliphatic carboxylic acids is 1. The molecule has 1 unspecified atom stereocenters. The molecule has 0 radical (unpaired) electrons. The number of esters is 1. The van der Waals surface area contributed by atoms with Gasteiger partial charge in [-0.25, -0.2) is 4.79 Å². The molecule has 3 N–H and O–H groups in total. The fraction of sp³-hybridized carbons (Fsp3) is 0.357. The van der Waals surface area contributed by atoms with Crippen LogP contribution in [-0.4, -0.2) is 41.2 Å². The zero-order valence-corrected chi connectivity index (χ0v) is 11.8. The number of carbonyl (C=O) groups is 3. The number of carboxylic acids is 1. The maximum atomic E-state index is 12.0. The van der Waals surface area contributed by atoms with Crippen LogP contribution in [0.2, 0.25) is 0 Å². The molecule has 1 atom stereocenters. The first-order valence-corrected chi connectivity index (χ1v) is 6.25. The van der Waals surface area contributed by atoms with Gasteiger partial charge in [-0.05, 0) is 25.5 Å². The van der Waals surface area contributed by atoms with Crippen molar-refractivity contribution in [2.75, 3.05) is 7.11 Å². The third kappa shape index (κ3) is 4.79. The van der Waals surface area contributed by atoms with E-state index in [2.05, 4.69) is 10.1 Å². The van der Waals surface area contributed by atoms with Crippen molar-refractivity contribution < 1.29 is 29.3 Å². The number of phenols is 1. The van der Waals surface area contributed by atoms with Crippen LogP contribution in [-0.2, 0) is 14.3 Å². The van der Waals surface area contributed by atoms with E-state index in [1.54, 1.807) is 13.0 Å². The van der Waals surface area contributed by atoms with Crippen LogP contribution in [0.1, 0.15) is 28.8 Å². The first kappa shape index (κ1) is 16.5. The van der Waals surface area contributed by atoms with Gasteiger partial charge in [0.25, 0.3) is 5.91 Å². The van der Waals surface area contributed by atoms with Crippen LogP contribution < -0.4 is 5.32 Å². The molecule has 0 aliphatic rings. The Bertz CT molecular complexity index is 554. The van der Waals surface area contributed by atoms with Gasteiger partial charge in [-0.1, -0.05) is 11.6 Å². The van der Waals surface area contributed by atoms with Crippen molar-refractivity contribution in [3.8, 4) is 5.75 Å². The molecule has 0 fully saturated rings. The Morgan fingerprint density at radius 3 is 2.57 bits per heavy atom. The number of benzene rings is 1. The van der Waals surface area contributed by atoms with Crippen LogP contribution in [0.4, 0.5) is 0 Å². The second kappa shape index (κ2) is 7.28. The molecule has 0 aromatic heterocycles. The first-order chi connectivity index (χ1) is 9.85. The van der Waals surface area contributed by atoms with E-state index in [1.807, 2.05) is 0 Å². The van der Waals surface area contributed by atoms with E-state index in [9.17, 15) is 19.5 Å². The Morgan fingerprint density at radius 2 is 2.00 bits per heavy atom. The van der Waals surface area contributed by atoms with Crippen LogP contribution in [0.5, 0.6) is 5.75 Å². The van der Waals surface area contributed by atoms with Crippen molar-refractivity contribution in [1.29, 1.82) is 0 Å². The lowest BCUT2D eigenvalue weighted by molar-refractivity contribution is -0.142. The molecule has 1 aromatic carbocycles. The number of amides is 1. The highest BCUT2D eigenvalue weighted by atomic mass is 16.5. The number of phenolic OH excluding ortho intramolecular Hbond substituents is 1. The molecule has 0 saturated carbocycles. The van der Waals surface area contributed by atoms with E-state index in [0.717, 1.165) is 5.56 Å². The highest BCUT2D eigenvalue weighted by Gasteiger charge is 2.23. The van der Waals surface area contributed by atoms with E-state index in [4.69, 9.17) is 5.11 Å². The van der Waals surface area contributed by atoms with Gasteiger partial charge in [0.1, 0.15) is 11.8 Å². The summed E-state index contributed by atoms with van der Waals surface area (Å²) in [7, 11) is 1.20. The second-order valence-electron chi connectivity index (χ2n) is 4.50. The summed E-state index contributed by atoms with van der Waals surface area (Å²) in [5.74, 6) is -2.78. The lowest BCUT2D eigenvalue weighted by Crippen LogP contribution is -2.41. The molecule has 114 valence electrons. The molecule has 0 spiro atoms. The van der Waals surface area contributed by atoms with Crippen molar-refractivity contribution in [2.24, 2.45) is 0 Å². The third-order valence-corrected chi connectivity index (χ3v) is 2.86. The molecular weight excluding hydrogens is 278 g/mol. The topological polar surface area (TPSA) is 113 Å². The summed E-state index contributed by atoms with van der Waals surface area (Å²) >= 11 is 0. The lowest BCUT2D eigenvalue weighted by atomic mass is 10.1. The summed E-state index contributed by atoms with van der Waals surface area (Å²) in [4.78, 5) is 34.1. The Hall–Kier alpha value is -2.57. The molecule has 0 saturated heterocycles. The summed E-state index contributed by atoms with van der Waals surface area (Å²) in [6.45, 7) is 1.74. The van der Waals surface area contributed by atoms with Gasteiger partial charge >= 0.3 is 11.9 Å². The molecule has 7 heteroatoms. The number of carboxylic acid groups (broad SMARTS) is 1. The SMILES string of the molecule is COC(=O)CCC(NC(=O)c1cc(C)ccc1O)C(=O)O. The lowest BCUT2D eigenvalue weighted by Gasteiger charge is -2.14. The summed E-state index contributed by atoms with van der Waals surface area (Å²) in [6, 6.07) is 3.19. The van der Waals surface area contributed by atoms with Crippen molar-refractivity contribution in [2.45, 2.75) is 25.8 Å². The van der Waals surface area contributed by atoms with Crippen LogP contribution >= 0.6 is 0 Å². The van der Waals surface area contributed by atoms with E-state index < -0.39 is 23.9 Å². The number of nitrogens with one attached hydrogen (secondary N) is 1. The predicted molar refractivity (Wildman–Crippen MR) is 73.0 cm³/mol. The summed E-state index contributed by atoms with van der Waals surface area (Å²) in [6.07, 6.45) is -0.228. The largest absolute Gasteiger partial charge is 0.507 e. The third-order valence-electron chi connectivity index (χ3n) is 2.86. The van der Waals surface area contributed by atoms with Crippen LogP contribution in [0.25, 0.3) is 0 Å². The molecule has 21 heavy (non-hydrogen) atoms. The molecule has 7 nitrogen and oxygen atoms in total. The second-order valence-corrected chi connectivity index (χ2v) is 4.50. The minimum Gasteiger partial charge on any atom is -0.507 e. The van der Waals surface area contributed by atoms with E-state index in [1.165, 1.54) is 19.2 Å². The summed E-state index contributed by atoms with van der Waals surface area (Å²) < 4.78 is 4.42. The number of aryl methyl sites for hydroxylation is 1. The van der Waals surface area contributed by atoms with Crippen molar-refractivity contribution in [3.63, 3.8) is 0 Å². The average Bonchev–Trinajstić information content (AvgIpc) is 2.44. The zero-order valence-electron chi connectivity index (χ0n) is 11.8. The minimum absolute atomic E-state index is 0.0145. The number of aromatic hydroxyl groups is 1. The number of methoxy groups -OCH3 is 1. The molecule has 0 aliphatic heterocycles. The molecule has 0 heterocycles. The maximum Gasteiger partial charge on any atom is 0.326 e. The van der Waals surface area contributed by atoms with Crippen molar-refractivity contribution >= 4 is 17.8 Å². The fourth-order valence-corrected chi connectivity index (χ4v) is 1.69. The van der Waals surface area contributed by atoms with Gasteiger partial charge in [0.2, 0.25) is 0 Å². The van der Waals surface area contributed by atoms with Crippen LogP contribution in [0.3, 0.4) is 0 Å². The standard InChI is InChI=1S/C14H17NO6/c1-8-3-5-11(16)9(7-8)13(18)15-10(14(19)20)4-6-12(17)21-2/h3,5,7,10,16H,4,6H2,1-2H3,(H,15,18)(H,19,20). The number of hydrogen-bond donors (Lipinski definition) is 3.